The molecule has 0 saturated carbocycles. The summed E-state index contributed by atoms with van der Waals surface area (Å²) in [5, 5.41) is 0.184. The largest absolute Gasteiger partial charge is 0.330 e. The van der Waals surface area contributed by atoms with Crippen molar-refractivity contribution < 1.29 is 8.78 Å². The Morgan fingerprint density at radius 1 is 1.05 bits per heavy atom. The Labute approximate surface area is 128 Å². The Bertz CT molecular complexity index is 749. The summed E-state index contributed by atoms with van der Waals surface area (Å²) in [7, 11) is 2.77. The number of aryl methyl sites for hydroxylation is 2. The van der Waals surface area contributed by atoms with Crippen LogP contribution in [-0.2, 0) is 14.1 Å². The summed E-state index contributed by atoms with van der Waals surface area (Å²) in [4.78, 5) is 27.3. The minimum atomic E-state index is -2.74. The molecule has 0 aliphatic heterocycles. The third-order valence-electron chi connectivity index (χ3n) is 2.88. The number of halogens is 2. The number of pyridine rings is 1. The SMILES string of the molecule is CC.CC.Cc1nc(C(F)F)cc2c1c(=O)n(C)c(=O)n2C. The van der Waals surface area contributed by atoms with Crippen molar-refractivity contribution in [1.82, 2.24) is 14.1 Å². The molecule has 0 spiro atoms. The van der Waals surface area contributed by atoms with Gasteiger partial charge >= 0.3 is 5.69 Å². The van der Waals surface area contributed by atoms with Gasteiger partial charge in [0.1, 0.15) is 5.69 Å². The van der Waals surface area contributed by atoms with Crippen LogP contribution in [0.4, 0.5) is 8.78 Å². The molecule has 2 rings (SSSR count). The normalized spacial score (nSPS) is 9.91. The van der Waals surface area contributed by atoms with E-state index in [9.17, 15) is 18.4 Å². The lowest BCUT2D eigenvalue weighted by atomic mass is 10.2. The van der Waals surface area contributed by atoms with Gasteiger partial charge in [-0.05, 0) is 13.0 Å². The fourth-order valence-corrected chi connectivity index (χ4v) is 1.90. The number of aromatic nitrogens is 3. The van der Waals surface area contributed by atoms with E-state index in [0.29, 0.717) is 0 Å². The molecule has 0 N–H and O–H groups in total. The zero-order valence-electron chi connectivity index (χ0n) is 14.1. The molecular weight excluding hydrogens is 292 g/mol. The number of hydrogen-bond acceptors (Lipinski definition) is 3. The Balaban J connectivity index is 0.00000102. The summed E-state index contributed by atoms with van der Waals surface area (Å²) < 4.78 is 27.4. The van der Waals surface area contributed by atoms with Gasteiger partial charge in [-0.15, -0.1) is 0 Å². The minimum absolute atomic E-state index is 0.172. The topological polar surface area (TPSA) is 56.9 Å². The molecule has 0 aliphatic rings. The Hall–Kier alpha value is -2.05. The highest BCUT2D eigenvalue weighted by Crippen LogP contribution is 2.21. The summed E-state index contributed by atoms with van der Waals surface area (Å²) in [6.07, 6.45) is -2.74. The lowest BCUT2D eigenvalue weighted by molar-refractivity contribution is 0.146. The molecule has 0 aromatic carbocycles. The van der Waals surface area contributed by atoms with Gasteiger partial charge in [-0.25, -0.2) is 13.6 Å². The van der Waals surface area contributed by atoms with Gasteiger partial charge in [0.2, 0.25) is 0 Å². The van der Waals surface area contributed by atoms with E-state index in [0.717, 1.165) is 15.2 Å². The van der Waals surface area contributed by atoms with Crippen LogP contribution >= 0.6 is 0 Å². The molecule has 22 heavy (non-hydrogen) atoms. The van der Waals surface area contributed by atoms with Gasteiger partial charge in [0.25, 0.3) is 12.0 Å². The molecule has 2 aromatic rings. The van der Waals surface area contributed by atoms with Gasteiger partial charge in [0.15, 0.2) is 0 Å². The zero-order valence-corrected chi connectivity index (χ0v) is 14.1. The first-order valence-electron chi connectivity index (χ1n) is 7.20. The van der Waals surface area contributed by atoms with Gasteiger partial charge in [-0.1, -0.05) is 27.7 Å². The first-order valence-corrected chi connectivity index (χ1v) is 7.20. The van der Waals surface area contributed by atoms with Gasteiger partial charge in [-0.2, -0.15) is 0 Å². The summed E-state index contributed by atoms with van der Waals surface area (Å²) in [5.74, 6) is 0. The maximum atomic E-state index is 12.7. The van der Waals surface area contributed by atoms with E-state index in [4.69, 9.17) is 0 Å². The van der Waals surface area contributed by atoms with E-state index >= 15 is 0 Å². The van der Waals surface area contributed by atoms with Crippen molar-refractivity contribution in [2.75, 3.05) is 0 Å². The molecule has 0 radical (unpaired) electrons. The Kier molecular flexibility index (Phi) is 7.62. The van der Waals surface area contributed by atoms with Crippen molar-refractivity contribution in [3.8, 4) is 0 Å². The highest BCUT2D eigenvalue weighted by Gasteiger charge is 2.16. The van der Waals surface area contributed by atoms with Gasteiger partial charge in [0.05, 0.1) is 16.6 Å². The first-order chi connectivity index (χ1) is 10.3. The van der Waals surface area contributed by atoms with E-state index in [1.807, 2.05) is 27.7 Å². The second-order valence-corrected chi connectivity index (χ2v) is 4.03. The second-order valence-electron chi connectivity index (χ2n) is 4.03. The van der Waals surface area contributed by atoms with Crippen LogP contribution in [-0.4, -0.2) is 14.1 Å². The van der Waals surface area contributed by atoms with E-state index in [1.165, 1.54) is 21.0 Å². The number of alkyl halides is 2. The Morgan fingerprint density at radius 2 is 1.55 bits per heavy atom. The summed E-state index contributed by atoms with van der Waals surface area (Å²) in [5.41, 5.74) is -1.16. The fourth-order valence-electron chi connectivity index (χ4n) is 1.90. The maximum absolute atomic E-state index is 12.7. The second kappa shape index (κ2) is 8.41. The molecule has 0 atom stereocenters. The van der Waals surface area contributed by atoms with Crippen molar-refractivity contribution in [2.45, 2.75) is 41.0 Å². The molecule has 0 aliphatic carbocycles. The summed E-state index contributed by atoms with van der Waals surface area (Å²) in [6, 6.07) is 1.08. The van der Waals surface area contributed by atoms with Gasteiger partial charge in [0, 0.05) is 14.1 Å². The van der Waals surface area contributed by atoms with Gasteiger partial charge in [-0.3, -0.25) is 18.9 Å². The van der Waals surface area contributed by atoms with E-state index < -0.39 is 23.4 Å². The van der Waals surface area contributed by atoms with Crippen LogP contribution in [0.2, 0.25) is 0 Å². The number of nitrogens with zero attached hydrogens (tertiary/aromatic N) is 3. The van der Waals surface area contributed by atoms with E-state index in [1.54, 1.807) is 0 Å². The van der Waals surface area contributed by atoms with Crippen LogP contribution in [0.3, 0.4) is 0 Å². The average molecular weight is 315 g/mol. The monoisotopic (exact) mass is 315 g/mol. The quantitative estimate of drug-likeness (QED) is 0.813. The first kappa shape index (κ1) is 19.9. The molecule has 7 heteroatoms. The lowest BCUT2D eigenvalue weighted by Gasteiger charge is -2.10. The predicted molar refractivity (Wildman–Crippen MR) is 84.6 cm³/mol. The van der Waals surface area contributed by atoms with Crippen LogP contribution in [0, 0.1) is 6.92 Å². The smallest absolute Gasteiger partial charge is 0.296 e. The molecular formula is C15H23F2N3O2. The third kappa shape index (κ3) is 3.58. The molecule has 5 nitrogen and oxygen atoms in total. The predicted octanol–water partition coefficient (Wildman–Crippen LogP) is 2.93. The minimum Gasteiger partial charge on any atom is -0.296 e. The molecule has 2 aromatic heterocycles. The van der Waals surface area contributed by atoms with Crippen LogP contribution in [0.5, 0.6) is 0 Å². The van der Waals surface area contributed by atoms with Crippen molar-refractivity contribution in [3.05, 3.63) is 38.3 Å². The van der Waals surface area contributed by atoms with Crippen LogP contribution < -0.4 is 11.2 Å². The molecule has 2 heterocycles. The molecule has 0 unspecified atom stereocenters. The maximum Gasteiger partial charge on any atom is 0.330 e. The molecule has 0 saturated heterocycles. The van der Waals surface area contributed by atoms with Crippen LogP contribution in [0.25, 0.3) is 10.9 Å². The van der Waals surface area contributed by atoms with E-state index in [-0.39, 0.29) is 16.6 Å². The highest BCUT2D eigenvalue weighted by molar-refractivity contribution is 5.80. The molecule has 0 fully saturated rings. The lowest BCUT2D eigenvalue weighted by Crippen LogP contribution is -2.37. The molecule has 124 valence electrons. The van der Waals surface area contributed by atoms with Gasteiger partial charge < -0.3 is 0 Å². The number of fused-ring (bicyclic) bond motifs is 1. The van der Waals surface area contributed by atoms with Crippen LogP contribution in [0.1, 0.15) is 45.5 Å². The summed E-state index contributed by atoms with van der Waals surface area (Å²) in [6.45, 7) is 9.47. The zero-order chi connectivity index (χ0) is 17.6. The molecule has 0 bridgehead atoms. The van der Waals surface area contributed by atoms with Crippen molar-refractivity contribution in [2.24, 2.45) is 14.1 Å². The van der Waals surface area contributed by atoms with Crippen molar-refractivity contribution >= 4 is 10.9 Å². The average Bonchev–Trinajstić information content (AvgIpc) is 2.53. The van der Waals surface area contributed by atoms with E-state index in [2.05, 4.69) is 4.98 Å². The van der Waals surface area contributed by atoms with Crippen molar-refractivity contribution in [3.63, 3.8) is 0 Å². The van der Waals surface area contributed by atoms with Crippen LogP contribution in [0.15, 0.2) is 15.7 Å². The third-order valence-corrected chi connectivity index (χ3v) is 2.88. The molecule has 0 amide bonds. The number of rotatable bonds is 1. The Morgan fingerprint density at radius 3 is 2.00 bits per heavy atom. The number of hydrogen-bond donors (Lipinski definition) is 0. The highest BCUT2D eigenvalue weighted by atomic mass is 19.3. The standard InChI is InChI=1S/C11H11F2N3O2.2C2H6/c1-5-8-7(4-6(14-5)9(12)13)15(2)11(18)16(3)10(8)17;2*1-2/h4,9H,1-3H3;2*1-2H3. The van der Waals surface area contributed by atoms with Crippen molar-refractivity contribution in [1.29, 1.82) is 0 Å². The fraction of sp³-hybridized carbons (Fsp3) is 0.533. The summed E-state index contributed by atoms with van der Waals surface area (Å²) >= 11 is 0.